The fraction of sp³-hybridized carbons (Fsp3) is 0.400. The van der Waals surface area contributed by atoms with Crippen LogP contribution in [-0.4, -0.2) is 24.4 Å². The van der Waals surface area contributed by atoms with Crippen LogP contribution in [0.5, 0.6) is 0 Å². The molecule has 0 rings (SSSR count). The molecule has 0 saturated heterocycles. The first-order valence-corrected chi connectivity index (χ1v) is 3.45. The Bertz CT molecular complexity index is 130. The van der Waals surface area contributed by atoms with Crippen molar-refractivity contribution in [3.63, 3.8) is 0 Å². The minimum absolute atomic E-state index is 0.206. The van der Waals surface area contributed by atoms with Crippen LogP contribution >= 0.6 is 11.8 Å². The Morgan fingerprint density at radius 2 is 2.33 bits per heavy atom. The molecule has 0 unspecified atom stereocenters. The van der Waals surface area contributed by atoms with Gasteiger partial charge < -0.3 is 9.84 Å². The molecule has 0 aliphatic carbocycles. The van der Waals surface area contributed by atoms with E-state index in [2.05, 4.69) is 4.74 Å². The summed E-state index contributed by atoms with van der Waals surface area (Å²) in [5.74, 6) is -0.509. The van der Waals surface area contributed by atoms with Crippen molar-refractivity contribution in [1.82, 2.24) is 0 Å². The molecule has 0 atom stereocenters. The van der Waals surface area contributed by atoms with Crippen LogP contribution in [0.4, 0.5) is 0 Å². The van der Waals surface area contributed by atoms with Gasteiger partial charge in [-0.05, 0) is 6.26 Å². The second-order valence-corrected chi connectivity index (χ2v) is 2.04. The smallest absolute Gasteiger partial charge is 0.347 e. The van der Waals surface area contributed by atoms with E-state index in [-0.39, 0.29) is 4.91 Å². The minimum atomic E-state index is -0.509. The molecule has 0 amide bonds. The molecule has 0 fully saturated rings. The van der Waals surface area contributed by atoms with E-state index in [0.29, 0.717) is 0 Å². The van der Waals surface area contributed by atoms with Gasteiger partial charge in [0.2, 0.25) is 0 Å². The van der Waals surface area contributed by atoms with Crippen LogP contribution in [0.3, 0.4) is 0 Å². The van der Waals surface area contributed by atoms with E-state index in [0.717, 1.165) is 18.0 Å². The van der Waals surface area contributed by atoms with Gasteiger partial charge in [-0.3, -0.25) is 0 Å². The lowest BCUT2D eigenvalue weighted by atomic mass is 10.6. The maximum absolute atomic E-state index is 10.5. The van der Waals surface area contributed by atoms with Crippen LogP contribution in [0.15, 0.2) is 11.2 Å². The predicted molar refractivity (Wildman–Crippen MR) is 36.2 cm³/mol. The number of aliphatic hydroxyl groups is 1. The lowest BCUT2D eigenvalue weighted by Crippen LogP contribution is -2.00. The average molecular weight is 148 g/mol. The first kappa shape index (κ1) is 8.36. The van der Waals surface area contributed by atoms with E-state index in [1.54, 1.807) is 6.26 Å². The van der Waals surface area contributed by atoms with Gasteiger partial charge in [0.1, 0.15) is 11.2 Å². The quantitative estimate of drug-likeness (QED) is 0.359. The number of ether oxygens (including phenoxy) is 1. The van der Waals surface area contributed by atoms with Gasteiger partial charge in [-0.2, -0.15) is 0 Å². The summed E-state index contributed by atoms with van der Waals surface area (Å²) < 4.78 is 4.31. The zero-order valence-electron chi connectivity index (χ0n) is 5.25. The Morgan fingerprint density at radius 1 is 1.78 bits per heavy atom. The monoisotopic (exact) mass is 148 g/mol. The fourth-order valence-corrected chi connectivity index (χ4v) is 0.645. The third kappa shape index (κ3) is 2.41. The topological polar surface area (TPSA) is 46.5 Å². The van der Waals surface area contributed by atoms with Gasteiger partial charge in [0.25, 0.3) is 0 Å². The summed E-state index contributed by atoms with van der Waals surface area (Å²) in [6, 6.07) is 0. The summed E-state index contributed by atoms with van der Waals surface area (Å²) >= 11 is 1.14. The number of rotatable bonds is 2. The van der Waals surface area contributed by atoms with Gasteiger partial charge in [-0.15, -0.1) is 11.8 Å². The third-order valence-corrected chi connectivity index (χ3v) is 1.44. The maximum atomic E-state index is 10.5. The molecule has 0 saturated carbocycles. The first-order chi connectivity index (χ1) is 4.26. The van der Waals surface area contributed by atoms with E-state index in [9.17, 15) is 4.79 Å². The lowest BCUT2D eigenvalue weighted by Gasteiger charge is -1.96. The van der Waals surface area contributed by atoms with E-state index >= 15 is 0 Å². The van der Waals surface area contributed by atoms with Crippen LogP contribution in [0.25, 0.3) is 0 Å². The average Bonchev–Trinajstić information content (AvgIpc) is 1.90. The van der Waals surface area contributed by atoms with Gasteiger partial charge in [-0.1, -0.05) is 0 Å². The molecule has 0 aromatic rings. The zero-order chi connectivity index (χ0) is 7.28. The number of methoxy groups -OCH3 is 1. The number of carbonyl (C=O) groups is 1. The van der Waals surface area contributed by atoms with Crippen LogP contribution < -0.4 is 0 Å². The van der Waals surface area contributed by atoms with Crippen molar-refractivity contribution in [3.8, 4) is 0 Å². The molecule has 0 aliphatic rings. The van der Waals surface area contributed by atoms with Crippen molar-refractivity contribution in [3.05, 3.63) is 11.2 Å². The molecule has 0 radical (unpaired) electrons. The molecular formula is C5H8O3S. The van der Waals surface area contributed by atoms with Crippen molar-refractivity contribution in [1.29, 1.82) is 0 Å². The molecule has 0 aromatic heterocycles. The Kier molecular flexibility index (Phi) is 3.96. The first-order valence-electron chi connectivity index (χ1n) is 2.23. The highest BCUT2D eigenvalue weighted by molar-refractivity contribution is 8.03. The van der Waals surface area contributed by atoms with Gasteiger partial charge in [0.15, 0.2) is 0 Å². The van der Waals surface area contributed by atoms with Gasteiger partial charge in [0.05, 0.1) is 7.11 Å². The summed E-state index contributed by atoms with van der Waals surface area (Å²) in [5, 5.41) is 8.34. The normalized spacial score (nSPS) is 11.1. The number of aliphatic hydroxyl groups excluding tert-OH is 1. The molecule has 0 aromatic carbocycles. The largest absolute Gasteiger partial charge is 0.514 e. The third-order valence-electron chi connectivity index (χ3n) is 0.724. The minimum Gasteiger partial charge on any atom is -0.514 e. The Labute approximate surface area is 57.7 Å². The van der Waals surface area contributed by atoms with Crippen LogP contribution in [0, 0.1) is 0 Å². The van der Waals surface area contributed by atoms with Crippen LogP contribution in [-0.2, 0) is 9.53 Å². The Hall–Kier alpha value is -0.640. The summed E-state index contributed by atoms with van der Waals surface area (Å²) in [6.07, 6.45) is 2.41. The molecule has 0 spiro atoms. The molecule has 3 nitrogen and oxygen atoms in total. The van der Waals surface area contributed by atoms with E-state index in [1.165, 1.54) is 7.11 Å². The Balaban J connectivity index is 3.97. The highest BCUT2D eigenvalue weighted by Crippen LogP contribution is 2.10. The number of hydrogen-bond donors (Lipinski definition) is 1. The summed E-state index contributed by atoms with van der Waals surface area (Å²) in [4.78, 5) is 10.7. The van der Waals surface area contributed by atoms with E-state index in [4.69, 9.17) is 5.11 Å². The van der Waals surface area contributed by atoms with Gasteiger partial charge >= 0.3 is 5.97 Å². The summed E-state index contributed by atoms with van der Waals surface area (Å²) in [5.41, 5.74) is 0. The molecule has 0 heterocycles. The van der Waals surface area contributed by atoms with E-state index < -0.39 is 5.97 Å². The van der Waals surface area contributed by atoms with Crippen molar-refractivity contribution in [2.45, 2.75) is 0 Å². The molecule has 0 aliphatic heterocycles. The number of esters is 1. The van der Waals surface area contributed by atoms with Crippen molar-refractivity contribution in [2.75, 3.05) is 13.4 Å². The summed E-state index contributed by atoms with van der Waals surface area (Å²) in [6.45, 7) is 0. The number of carbonyl (C=O) groups excluding carboxylic acids is 1. The SMILES string of the molecule is COC(=O)/C(=C/O)SC. The second kappa shape index (κ2) is 4.26. The number of thioether (sulfide) groups is 1. The molecule has 52 valence electrons. The van der Waals surface area contributed by atoms with Crippen LogP contribution in [0.1, 0.15) is 0 Å². The van der Waals surface area contributed by atoms with E-state index in [1.807, 2.05) is 0 Å². The van der Waals surface area contributed by atoms with Crippen molar-refractivity contribution >= 4 is 17.7 Å². The highest BCUT2D eigenvalue weighted by atomic mass is 32.2. The molecule has 4 heteroatoms. The Morgan fingerprint density at radius 3 is 2.44 bits per heavy atom. The predicted octanol–water partition coefficient (Wildman–Crippen LogP) is 0.922. The zero-order valence-corrected chi connectivity index (χ0v) is 6.07. The number of hydrogen-bond acceptors (Lipinski definition) is 4. The van der Waals surface area contributed by atoms with Gasteiger partial charge in [0, 0.05) is 0 Å². The van der Waals surface area contributed by atoms with Gasteiger partial charge in [-0.25, -0.2) is 4.79 Å². The molecular weight excluding hydrogens is 140 g/mol. The molecule has 9 heavy (non-hydrogen) atoms. The molecule has 1 N–H and O–H groups in total. The maximum Gasteiger partial charge on any atom is 0.347 e. The highest BCUT2D eigenvalue weighted by Gasteiger charge is 2.05. The summed E-state index contributed by atoms with van der Waals surface area (Å²) in [7, 11) is 1.27. The standard InChI is InChI=1S/C5H8O3S/c1-8-5(7)4(3-6)9-2/h3,6H,1-2H3/b4-3-. The fourth-order valence-electron chi connectivity index (χ4n) is 0.289. The lowest BCUT2D eigenvalue weighted by molar-refractivity contribution is -0.135. The second-order valence-electron chi connectivity index (χ2n) is 1.19. The van der Waals surface area contributed by atoms with Crippen molar-refractivity contribution in [2.24, 2.45) is 0 Å². The molecule has 0 bridgehead atoms. The van der Waals surface area contributed by atoms with Crippen molar-refractivity contribution < 1.29 is 14.6 Å². The van der Waals surface area contributed by atoms with Crippen LogP contribution in [0.2, 0.25) is 0 Å².